The number of anilines is 3. The molecule has 17 heavy (non-hydrogen) atoms. The fraction of sp³-hybridized carbons (Fsp3) is 0.0769. The number of aryl methyl sites for hydroxylation is 1. The molecule has 0 saturated heterocycles. The van der Waals surface area contributed by atoms with E-state index in [2.05, 4.69) is 5.32 Å². The molecule has 0 atom stereocenters. The fourth-order valence-corrected chi connectivity index (χ4v) is 1.57. The summed E-state index contributed by atoms with van der Waals surface area (Å²) in [5.41, 5.74) is 8.30. The summed E-state index contributed by atoms with van der Waals surface area (Å²) in [5.74, 6) is -1.25. The SMILES string of the molecule is Cc1cccc(Nc2cc(F)cc(F)c2)c1N. The number of halogens is 2. The molecule has 88 valence electrons. The quantitative estimate of drug-likeness (QED) is 0.779. The van der Waals surface area contributed by atoms with Gasteiger partial charge in [0.05, 0.1) is 11.4 Å². The maximum atomic E-state index is 13.0. The molecule has 0 aliphatic carbocycles. The molecule has 0 saturated carbocycles. The number of hydrogen-bond donors (Lipinski definition) is 2. The Hall–Kier alpha value is -2.10. The first-order valence-corrected chi connectivity index (χ1v) is 5.14. The van der Waals surface area contributed by atoms with Gasteiger partial charge < -0.3 is 11.1 Å². The Bertz CT molecular complexity index is 533. The molecule has 0 aliphatic rings. The zero-order chi connectivity index (χ0) is 12.4. The van der Waals surface area contributed by atoms with E-state index in [1.54, 1.807) is 6.07 Å². The van der Waals surface area contributed by atoms with Crippen molar-refractivity contribution in [1.29, 1.82) is 0 Å². The molecule has 2 nitrogen and oxygen atoms in total. The third-order valence-electron chi connectivity index (χ3n) is 2.47. The van der Waals surface area contributed by atoms with Gasteiger partial charge in [0, 0.05) is 11.8 Å². The third kappa shape index (κ3) is 2.53. The summed E-state index contributed by atoms with van der Waals surface area (Å²) in [4.78, 5) is 0. The Balaban J connectivity index is 2.34. The van der Waals surface area contributed by atoms with Crippen LogP contribution < -0.4 is 11.1 Å². The maximum absolute atomic E-state index is 13.0. The van der Waals surface area contributed by atoms with Crippen LogP contribution >= 0.6 is 0 Å². The van der Waals surface area contributed by atoms with Gasteiger partial charge in [-0.25, -0.2) is 8.78 Å². The summed E-state index contributed by atoms with van der Waals surface area (Å²) in [5, 5.41) is 2.89. The summed E-state index contributed by atoms with van der Waals surface area (Å²) in [6.45, 7) is 1.87. The Kier molecular flexibility index (Phi) is 2.95. The topological polar surface area (TPSA) is 38.0 Å². The molecule has 4 heteroatoms. The van der Waals surface area contributed by atoms with Crippen molar-refractivity contribution in [3.05, 3.63) is 53.6 Å². The number of benzene rings is 2. The second kappa shape index (κ2) is 4.41. The van der Waals surface area contributed by atoms with Gasteiger partial charge in [-0.3, -0.25) is 0 Å². The van der Waals surface area contributed by atoms with Crippen molar-refractivity contribution in [2.24, 2.45) is 0 Å². The molecule has 0 bridgehead atoms. The Morgan fingerprint density at radius 3 is 2.35 bits per heavy atom. The van der Waals surface area contributed by atoms with Crippen molar-refractivity contribution < 1.29 is 8.78 Å². The van der Waals surface area contributed by atoms with Crippen molar-refractivity contribution in [3.8, 4) is 0 Å². The summed E-state index contributed by atoms with van der Waals surface area (Å²) in [6.07, 6.45) is 0. The second-order valence-corrected chi connectivity index (χ2v) is 3.82. The lowest BCUT2D eigenvalue weighted by Gasteiger charge is -2.11. The molecular formula is C13H12F2N2. The van der Waals surface area contributed by atoms with E-state index in [9.17, 15) is 8.78 Å². The Morgan fingerprint density at radius 2 is 1.71 bits per heavy atom. The molecule has 0 aliphatic heterocycles. The van der Waals surface area contributed by atoms with Crippen molar-refractivity contribution in [2.75, 3.05) is 11.1 Å². The molecule has 2 aromatic carbocycles. The largest absolute Gasteiger partial charge is 0.397 e. The molecule has 0 aromatic heterocycles. The Morgan fingerprint density at radius 1 is 1.06 bits per heavy atom. The molecule has 0 heterocycles. The van der Waals surface area contributed by atoms with Gasteiger partial charge in [-0.05, 0) is 30.7 Å². The van der Waals surface area contributed by atoms with Crippen molar-refractivity contribution >= 4 is 17.1 Å². The number of hydrogen-bond acceptors (Lipinski definition) is 2. The number of para-hydroxylation sites is 1. The van der Waals surface area contributed by atoms with E-state index < -0.39 is 11.6 Å². The zero-order valence-corrected chi connectivity index (χ0v) is 9.30. The minimum Gasteiger partial charge on any atom is -0.397 e. The standard InChI is InChI=1S/C13H12F2N2/c1-8-3-2-4-12(13(8)16)17-11-6-9(14)5-10(15)7-11/h2-7,17H,16H2,1H3. The van der Waals surface area contributed by atoms with Crippen LogP contribution in [0.25, 0.3) is 0 Å². The van der Waals surface area contributed by atoms with Gasteiger partial charge in [0.1, 0.15) is 11.6 Å². The molecule has 3 N–H and O–H groups in total. The van der Waals surface area contributed by atoms with Crippen molar-refractivity contribution in [3.63, 3.8) is 0 Å². The van der Waals surface area contributed by atoms with Gasteiger partial charge in [-0.15, -0.1) is 0 Å². The van der Waals surface area contributed by atoms with Crippen LogP contribution in [0.1, 0.15) is 5.56 Å². The average molecular weight is 234 g/mol. The van der Waals surface area contributed by atoms with Crippen molar-refractivity contribution in [2.45, 2.75) is 6.92 Å². The van der Waals surface area contributed by atoms with E-state index in [-0.39, 0.29) is 0 Å². The lowest BCUT2D eigenvalue weighted by atomic mass is 10.1. The van der Waals surface area contributed by atoms with Crippen LogP contribution in [0.4, 0.5) is 25.8 Å². The van der Waals surface area contributed by atoms with E-state index in [1.165, 1.54) is 12.1 Å². The number of nitrogens with two attached hydrogens (primary N) is 1. The van der Waals surface area contributed by atoms with E-state index in [4.69, 9.17) is 5.73 Å². The molecule has 0 amide bonds. The summed E-state index contributed by atoms with van der Waals surface area (Å²) in [6, 6.07) is 8.70. The predicted molar refractivity (Wildman–Crippen MR) is 65.2 cm³/mol. The monoisotopic (exact) mass is 234 g/mol. The highest BCUT2D eigenvalue weighted by atomic mass is 19.1. The molecular weight excluding hydrogens is 222 g/mol. The summed E-state index contributed by atoms with van der Waals surface area (Å²) >= 11 is 0. The fourth-order valence-electron chi connectivity index (χ4n) is 1.57. The first-order chi connectivity index (χ1) is 8.06. The van der Waals surface area contributed by atoms with Gasteiger partial charge in [0.2, 0.25) is 0 Å². The van der Waals surface area contributed by atoms with Crippen LogP contribution in [0.5, 0.6) is 0 Å². The number of nitrogens with one attached hydrogen (secondary N) is 1. The zero-order valence-electron chi connectivity index (χ0n) is 9.30. The highest BCUT2D eigenvalue weighted by molar-refractivity contribution is 5.74. The average Bonchev–Trinajstić information content (AvgIpc) is 2.23. The minimum atomic E-state index is -0.626. The maximum Gasteiger partial charge on any atom is 0.128 e. The van der Waals surface area contributed by atoms with Crippen LogP contribution in [0.15, 0.2) is 36.4 Å². The molecule has 0 unspecified atom stereocenters. The van der Waals surface area contributed by atoms with Crippen molar-refractivity contribution in [1.82, 2.24) is 0 Å². The molecule has 2 rings (SSSR count). The van der Waals surface area contributed by atoms with Gasteiger partial charge in [-0.1, -0.05) is 12.1 Å². The third-order valence-corrected chi connectivity index (χ3v) is 2.47. The van der Waals surface area contributed by atoms with E-state index in [0.717, 1.165) is 11.6 Å². The van der Waals surface area contributed by atoms with Crippen LogP contribution in [-0.4, -0.2) is 0 Å². The van der Waals surface area contributed by atoms with Crippen LogP contribution in [0.2, 0.25) is 0 Å². The Labute approximate surface area is 98.1 Å². The van der Waals surface area contributed by atoms with E-state index >= 15 is 0 Å². The van der Waals surface area contributed by atoms with Gasteiger partial charge >= 0.3 is 0 Å². The highest BCUT2D eigenvalue weighted by Crippen LogP contribution is 2.26. The first kappa shape index (κ1) is 11.4. The molecule has 0 radical (unpaired) electrons. The molecule has 0 fully saturated rings. The molecule has 2 aromatic rings. The first-order valence-electron chi connectivity index (χ1n) is 5.14. The van der Waals surface area contributed by atoms with Crippen LogP contribution in [0, 0.1) is 18.6 Å². The van der Waals surface area contributed by atoms with Gasteiger partial charge in [-0.2, -0.15) is 0 Å². The van der Waals surface area contributed by atoms with E-state index in [1.807, 2.05) is 19.1 Å². The van der Waals surface area contributed by atoms with Crippen LogP contribution in [0.3, 0.4) is 0 Å². The second-order valence-electron chi connectivity index (χ2n) is 3.82. The lowest BCUT2D eigenvalue weighted by Crippen LogP contribution is -1.98. The van der Waals surface area contributed by atoms with Gasteiger partial charge in [0.25, 0.3) is 0 Å². The van der Waals surface area contributed by atoms with Crippen LogP contribution in [-0.2, 0) is 0 Å². The minimum absolute atomic E-state index is 0.333. The molecule has 0 spiro atoms. The van der Waals surface area contributed by atoms with Gasteiger partial charge in [0.15, 0.2) is 0 Å². The van der Waals surface area contributed by atoms with E-state index in [0.29, 0.717) is 17.1 Å². The summed E-state index contributed by atoms with van der Waals surface area (Å²) in [7, 11) is 0. The smallest absolute Gasteiger partial charge is 0.128 e. The summed E-state index contributed by atoms with van der Waals surface area (Å²) < 4.78 is 26.0. The number of rotatable bonds is 2. The number of nitrogen functional groups attached to an aromatic ring is 1. The normalized spacial score (nSPS) is 10.3. The highest BCUT2D eigenvalue weighted by Gasteiger charge is 2.04. The predicted octanol–water partition coefficient (Wildman–Crippen LogP) is 3.60. The lowest BCUT2D eigenvalue weighted by molar-refractivity contribution is 0.584.